The van der Waals surface area contributed by atoms with Crippen LogP contribution in [0.3, 0.4) is 0 Å². The maximum Gasteiger partial charge on any atom is 0.220 e. The third-order valence-electron chi connectivity index (χ3n) is 16.7. The molecule has 0 unspecified atom stereocenters. The zero-order valence-corrected chi connectivity index (χ0v) is 38.2. The first kappa shape index (κ1) is 45.0. The molecule has 0 aliphatic heterocycles. The summed E-state index contributed by atoms with van der Waals surface area (Å²) in [6.07, 6.45) is 12.0. The molecule has 6 N–H and O–H groups in total. The van der Waals surface area contributed by atoms with Gasteiger partial charge in [-0.2, -0.15) is 0 Å². The number of pyridine rings is 2. The maximum absolute atomic E-state index is 13.2. The Labute approximate surface area is 374 Å². The van der Waals surface area contributed by atoms with Crippen molar-refractivity contribution in [3.8, 4) is 0 Å². The predicted molar refractivity (Wildman–Crippen MR) is 251 cm³/mol. The molecule has 2 aromatic heterocycles. The minimum absolute atomic E-state index is 0.0711. The fourth-order valence-corrected chi connectivity index (χ4v) is 13.4. The molecule has 0 bridgehead atoms. The Morgan fingerprint density at radius 1 is 0.839 bits per heavy atom. The van der Waals surface area contributed by atoms with Crippen molar-refractivity contribution >= 4 is 50.7 Å². The van der Waals surface area contributed by atoms with Gasteiger partial charge in [0.15, 0.2) is 0 Å². The number of fused-ring (bicyclic) bond motifs is 7. The van der Waals surface area contributed by atoms with Gasteiger partial charge in [-0.25, -0.2) is 0 Å². The predicted octanol–water partition coefficient (Wildman–Crippen LogP) is 8.84. The van der Waals surface area contributed by atoms with Crippen LogP contribution in [0.25, 0.3) is 21.8 Å². The summed E-state index contributed by atoms with van der Waals surface area (Å²) in [5.41, 5.74) is 5.02. The molecule has 2 aromatic carbocycles. The summed E-state index contributed by atoms with van der Waals surface area (Å²) in [5, 5.41) is 47.5. The SMILES string of the molecule is Cc1ccc2c(NCCN(CCCCNC(=O)CC[C@@H](C)[C@H]3CC[C@H]4[C@@H]5[C@H](O)C[C@@H]6C[C@H](O)CC[C@]6(C)[C@H]5C[C@H](O)[C@]34C)CCNc3ccnc4cc(Cl)ccc34)ccnc2c1. The smallest absolute Gasteiger partial charge is 0.220 e. The van der Waals surface area contributed by atoms with Crippen LogP contribution >= 0.6 is 11.6 Å². The summed E-state index contributed by atoms with van der Waals surface area (Å²) in [4.78, 5) is 24.8. The molecule has 11 atom stereocenters. The fraction of sp³-hybridized carbons (Fsp3) is 0.627. The lowest BCUT2D eigenvalue weighted by molar-refractivity contribution is -0.207. The third kappa shape index (κ3) is 9.33. The van der Waals surface area contributed by atoms with Crippen LogP contribution in [-0.2, 0) is 4.79 Å². The maximum atomic E-state index is 13.2. The number of aryl methyl sites for hydroxylation is 1. The minimum Gasteiger partial charge on any atom is -0.393 e. The molecule has 0 radical (unpaired) electrons. The van der Waals surface area contributed by atoms with E-state index in [4.69, 9.17) is 11.6 Å². The Hall–Kier alpha value is -3.54. The van der Waals surface area contributed by atoms with E-state index in [1.807, 2.05) is 42.7 Å². The molecule has 11 heteroatoms. The molecular formula is C51H71ClN6O4. The van der Waals surface area contributed by atoms with Crippen molar-refractivity contribution in [2.75, 3.05) is 49.9 Å². The molecule has 62 heavy (non-hydrogen) atoms. The zero-order chi connectivity index (χ0) is 43.6. The fourth-order valence-electron chi connectivity index (χ4n) is 13.2. The Kier molecular flexibility index (Phi) is 14.0. The standard InChI is InChI=1S/C51H71ClN6O4/c1-32-7-10-37-42(16-20-53-44(37)27-32)55-22-25-58(26-23-56-43-17-21-54-45-30-35(52)9-11-38(43)45)24-6-5-19-57-48(62)14-8-33(2)39-12-13-40-49-41(31-47(61)51(39,40)4)50(3)18-15-36(59)28-34(50)29-46(49)60/h7,9-11,16-17,20-21,27,30,33-34,36,39-41,46-47,49,59-61H,5-6,8,12-15,18-19,22-26,28-29,31H2,1-4H3,(H,53,55)(H,54,56)(H,57,62)/t33-,34+,36-,39-,40+,41+,46-,47+,49+,50+,51-/m1/s1. The summed E-state index contributed by atoms with van der Waals surface area (Å²) in [5.74, 6) is 1.86. The average Bonchev–Trinajstić information content (AvgIpc) is 3.61. The van der Waals surface area contributed by atoms with E-state index in [2.05, 4.69) is 76.7 Å². The number of nitrogens with zero attached hydrogens (tertiary/aromatic N) is 3. The molecule has 8 rings (SSSR count). The lowest BCUT2D eigenvalue weighted by Crippen LogP contribution is -2.62. The van der Waals surface area contributed by atoms with Crippen LogP contribution in [0.4, 0.5) is 11.4 Å². The van der Waals surface area contributed by atoms with E-state index in [0.29, 0.717) is 47.6 Å². The van der Waals surface area contributed by atoms with Crippen molar-refractivity contribution in [1.82, 2.24) is 20.2 Å². The molecule has 1 amide bonds. The molecule has 4 aliphatic carbocycles. The van der Waals surface area contributed by atoms with Gasteiger partial charge in [0.2, 0.25) is 5.91 Å². The number of benzene rings is 2. The van der Waals surface area contributed by atoms with Crippen LogP contribution in [0.2, 0.25) is 5.02 Å². The highest BCUT2D eigenvalue weighted by Crippen LogP contribution is 2.68. The minimum atomic E-state index is -0.409. The van der Waals surface area contributed by atoms with Gasteiger partial charge < -0.3 is 31.3 Å². The highest BCUT2D eigenvalue weighted by molar-refractivity contribution is 6.31. The van der Waals surface area contributed by atoms with Crippen molar-refractivity contribution in [2.45, 2.75) is 117 Å². The largest absolute Gasteiger partial charge is 0.393 e. The van der Waals surface area contributed by atoms with E-state index in [-0.39, 0.29) is 34.9 Å². The zero-order valence-electron chi connectivity index (χ0n) is 37.5. The van der Waals surface area contributed by atoms with Gasteiger partial charge in [0.1, 0.15) is 0 Å². The van der Waals surface area contributed by atoms with Crippen molar-refractivity contribution < 1.29 is 20.1 Å². The lowest BCUT2D eigenvalue weighted by atomic mass is 9.43. The number of hydrogen-bond acceptors (Lipinski definition) is 9. The van der Waals surface area contributed by atoms with Gasteiger partial charge in [-0.05, 0) is 166 Å². The van der Waals surface area contributed by atoms with E-state index >= 15 is 0 Å². The molecular weight excluding hydrogens is 796 g/mol. The van der Waals surface area contributed by atoms with Crippen LogP contribution in [-0.4, -0.2) is 93.7 Å². The van der Waals surface area contributed by atoms with Gasteiger partial charge in [0, 0.05) is 78.7 Å². The van der Waals surface area contributed by atoms with Gasteiger partial charge in [0.25, 0.3) is 0 Å². The number of carbonyl (C=O) groups excluding carboxylic acids is 1. The monoisotopic (exact) mass is 867 g/mol. The second-order valence-corrected chi connectivity index (χ2v) is 20.6. The number of aliphatic hydroxyl groups is 3. The quantitative estimate of drug-likeness (QED) is 0.0574. The van der Waals surface area contributed by atoms with Crippen molar-refractivity contribution in [3.63, 3.8) is 0 Å². The molecule has 2 heterocycles. The van der Waals surface area contributed by atoms with Crippen LogP contribution in [0, 0.1) is 53.3 Å². The summed E-state index contributed by atoms with van der Waals surface area (Å²) in [7, 11) is 0. The molecule has 4 saturated carbocycles. The van der Waals surface area contributed by atoms with Gasteiger partial charge >= 0.3 is 0 Å². The van der Waals surface area contributed by atoms with Crippen molar-refractivity contribution in [1.29, 1.82) is 0 Å². The first-order valence-corrected chi connectivity index (χ1v) is 24.1. The van der Waals surface area contributed by atoms with Crippen LogP contribution in [0.15, 0.2) is 60.9 Å². The number of halogens is 1. The Balaban J connectivity index is 0.809. The van der Waals surface area contributed by atoms with E-state index in [0.717, 1.165) is 130 Å². The van der Waals surface area contributed by atoms with Crippen molar-refractivity contribution in [2.24, 2.45) is 46.3 Å². The lowest BCUT2D eigenvalue weighted by Gasteiger charge is -2.63. The molecule has 336 valence electrons. The molecule has 4 aliphatic rings. The van der Waals surface area contributed by atoms with E-state index in [1.54, 1.807) is 0 Å². The second-order valence-electron chi connectivity index (χ2n) is 20.2. The van der Waals surface area contributed by atoms with E-state index in [9.17, 15) is 20.1 Å². The van der Waals surface area contributed by atoms with Gasteiger partial charge in [-0.3, -0.25) is 19.7 Å². The van der Waals surface area contributed by atoms with Crippen LogP contribution < -0.4 is 16.0 Å². The summed E-state index contributed by atoms with van der Waals surface area (Å²) < 4.78 is 0. The van der Waals surface area contributed by atoms with E-state index in [1.165, 1.54) is 5.56 Å². The topological polar surface area (TPSA) is 143 Å². The second kappa shape index (κ2) is 19.3. The van der Waals surface area contributed by atoms with Crippen LogP contribution in [0.1, 0.15) is 97.0 Å². The number of aliphatic hydroxyl groups excluding tert-OH is 3. The number of amides is 1. The number of unbranched alkanes of at least 4 members (excludes halogenated alkanes) is 1. The highest BCUT2D eigenvalue weighted by atomic mass is 35.5. The summed E-state index contributed by atoms with van der Waals surface area (Å²) >= 11 is 6.24. The van der Waals surface area contributed by atoms with Gasteiger partial charge in [-0.1, -0.05) is 44.5 Å². The number of hydrogen-bond donors (Lipinski definition) is 6. The first-order valence-electron chi connectivity index (χ1n) is 23.8. The van der Waals surface area contributed by atoms with Crippen LogP contribution in [0.5, 0.6) is 0 Å². The summed E-state index contributed by atoms with van der Waals surface area (Å²) in [6.45, 7) is 13.9. The number of anilines is 2. The van der Waals surface area contributed by atoms with Crippen molar-refractivity contribution in [3.05, 3.63) is 71.5 Å². The Morgan fingerprint density at radius 3 is 2.26 bits per heavy atom. The Bertz CT molecular complexity index is 2080. The number of rotatable bonds is 17. The molecule has 4 aromatic rings. The number of nitrogens with one attached hydrogen (secondary N) is 3. The molecule has 0 spiro atoms. The first-order chi connectivity index (χ1) is 29.8. The number of aromatic nitrogens is 2. The molecule has 10 nitrogen and oxygen atoms in total. The Morgan fingerprint density at radius 2 is 1.53 bits per heavy atom. The number of carbonyl (C=O) groups is 1. The average molecular weight is 868 g/mol. The molecule has 0 saturated heterocycles. The summed E-state index contributed by atoms with van der Waals surface area (Å²) in [6, 6.07) is 16.3. The third-order valence-corrected chi connectivity index (χ3v) is 16.9. The van der Waals surface area contributed by atoms with Gasteiger partial charge in [-0.15, -0.1) is 0 Å². The normalized spacial score (nSPS) is 31.0. The highest BCUT2D eigenvalue weighted by Gasteiger charge is 2.65. The molecule has 4 fully saturated rings. The van der Waals surface area contributed by atoms with Gasteiger partial charge in [0.05, 0.1) is 29.3 Å². The van der Waals surface area contributed by atoms with E-state index < -0.39 is 6.10 Å².